The summed E-state index contributed by atoms with van der Waals surface area (Å²) in [5.41, 5.74) is 1.49. The van der Waals surface area contributed by atoms with Crippen LogP contribution in [0.15, 0.2) is 54.7 Å². The van der Waals surface area contributed by atoms with Gasteiger partial charge in [0.15, 0.2) is 0 Å². The monoisotopic (exact) mass is 390 g/mol. The van der Waals surface area contributed by atoms with E-state index >= 15 is 0 Å². The molecule has 5 nitrogen and oxygen atoms in total. The highest BCUT2D eigenvalue weighted by molar-refractivity contribution is 6.35. The molecule has 2 aromatic carbocycles. The number of anilines is 2. The molecular weight excluding hydrogens is 378 g/mol. The van der Waals surface area contributed by atoms with Crippen LogP contribution in [-0.2, 0) is 6.54 Å². The van der Waals surface area contributed by atoms with Crippen molar-refractivity contribution in [1.82, 2.24) is 15.3 Å². The Morgan fingerprint density at radius 1 is 1.08 bits per heavy atom. The second-order valence-electron chi connectivity index (χ2n) is 5.32. The molecule has 1 aromatic heterocycles. The Labute approximate surface area is 159 Å². The molecule has 0 saturated carbocycles. The van der Waals surface area contributed by atoms with Crippen LogP contribution >= 0.6 is 23.2 Å². The minimum atomic E-state index is -0.378. The van der Waals surface area contributed by atoms with E-state index in [-0.39, 0.29) is 29.9 Å². The lowest BCUT2D eigenvalue weighted by atomic mass is 10.2. The van der Waals surface area contributed by atoms with Gasteiger partial charge in [0.25, 0.3) is 5.91 Å². The second-order valence-corrected chi connectivity index (χ2v) is 6.17. The first-order valence-electron chi connectivity index (χ1n) is 7.59. The molecule has 0 bridgehead atoms. The summed E-state index contributed by atoms with van der Waals surface area (Å²) in [6.07, 6.45) is 1.46. The molecule has 0 aliphatic heterocycles. The lowest BCUT2D eigenvalue weighted by Gasteiger charge is -2.09. The maximum atomic E-state index is 12.9. The number of aromatic nitrogens is 2. The average Bonchev–Trinajstić information content (AvgIpc) is 2.64. The van der Waals surface area contributed by atoms with Crippen LogP contribution in [0.2, 0.25) is 10.0 Å². The highest BCUT2D eigenvalue weighted by Gasteiger charge is 2.10. The Balaban J connectivity index is 1.69. The number of hydrogen-bond acceptors (Lipinski definition) is 4. The number of carbonyl (C=O) groups is 1. The predicted octanol–water partition coefficient (Wildman–Crippen LogP) is 4.60. The van der Waals surface area contributed by atoms with Gasteiger partial charge in [0.05, 0.1) is 10.7 Å². The van der Waals surface area contributed by atoms with Crippen LogP contribution in [0.4, 0.5) is 16.0 Å². The van der Waals surface area contributed by atoms with Crippen molar-refractivity contribution >= 4 is 40.7 Å². The predicted molar refractivity (Wildman–Crippen MR) is 99.3 cm³/mol. The number of nitrogens with zero attached hydrogens (tertiary/aromatic N) is 2. The van der Waals surface area contributed by atoms with E-state index in [0.29, 0.717) is 15.7 Å². The van der Waals surface area contributed by atoms with Crippen molar-refractivity contribution < 1.29 is 9.18 Å². The van der Waals surface area contributed by atoms with E-state index in [1.54, 1.807) is 30.3 Å². The van der Waals surface area contributed by atoms with Crippen molar-refractivity contribution in [2.24, 2.45) is 0 Å². The van der Waals surface area contributed by atoms with Gasteiger partial charge in [0.1, 0.15) is 11.5 Å². The van der Waals surface area contributed by atoms with Crippen LogP contribution < -0.4 is 10.6 Å². The van der Waals surface area contributed by atoms with E-state index < -0.39 is 0 Å². The zero-order valence-corrected chi connectivity index (χ0v) is 14.9. The third-order valence-corrected chi connectivity index (χ3v) is 3.99. The molecule has 0 aliphatic rings. The molecule has 2 N–H and O–H groups in total. The molecule has 0 unspecified atom stereocenters. The van der Waals surface area contributed by atoms with Crippen molar-refractivity contribution in [3.8, 4) is 0 Å². The lowest BCUT2D eigenvalue weighted by molar-refractivity contribution is 0.0946. The standard InChI is InChI=1S/C18H13Cl2FN4O/c19-12-3-6-14(20)16(9-12)25-18-22-8-7-15(24-18)17(26)23-10-11-1-4-13(21)5-2-11/h1-9H,10H2,(H,23,26)(H,22,24,25). The fourth-order valence-electron chi connectivity index (χ4n) is 2.13. The summed E-state index contributed by atoms with van der Waals surface area (Å²) in [5.74, 6) is -0.494. The summed E-state index contributed by atoms with van der Waals surface area (Å²) < 4.78 is 12.9. The SMILES string of the molecule is O=C(NCc1ccc(F)cc1)c1ccnc(Nc2cc(Cl)ccc2Cl)n1. The minimum absolute atomic E-state index is 0.183. The van der Waals surface area contributed by atoms with Crippen LogP contribution in [0.25, 0.3) is 0 Å². The number of benzene rings is 2. The van der Waals surface area contributed by atoms with Crippen molar-refractivity contribution in [2.75, 3.05) is 5.32 Å². The Morgan fingerprint density at radius 3 is 2.62 bits per heavy atom. The molecular formula is C18H13Cl2FN4O. The second kappa shape index (κ2) is 8.12. The van der Waals surface area contributed by atoms with Gasteiger partial charge in [-0.3, -0.25) is 4.79 Å². The van der Waals surface area contributed by atoms with Gasteiger partial charge in [0.2, 0.25) is 5.95 Å². The summed E-state index contributed by atoms with van der Waals surface area (Å²) in [6, 6.07) is 12.3. The maximum Gasteiger partial charge on any atom is 0.270 e. The van der Waals surface area contributed by atoms with Crippen LogP contribution in [0.3, 0.4) is 0 Å². The highest BCUT2D eigenvalue weighted by Crippen LogP contribution is 2.27. The third-order valence-electron chi connectivity index (χ3n) is 3.43. The van der Waals surface area contributed by atoms with Crippen LogP contribution in [0.1, 0.15) is 16.1 Å². The molecule has 0 saturated heterocycles. The van der Waals surface area contributed by atoms with E-state index in [2.05, 4.69) is 20.6 Å². The average molecular weight is 391 g/mol. The number of carbonyl (C=O) groups excluding carboxylic acids is 1. The zero-order chi connectivity index (χ0) is 18.5. The molecule has 3 rings (SSSR count). The molecule has 0 aliphatic carbocycles. The Bertz CT molecular complexity index is 935. The maximum absolute atomic E-state index is 12.9. The van der Waals surface area contributed by atoms with E-state index in [0.717, 1.165) is 5.56 Å². The van der Waals surface area contributed by atoms with Gasteiger partial charge in [-0.05, 0) is 42.0 Å². The van der Waals surface area contributed by atoms with Crippen molar-refractivity contribution in [3.05, 3.63) is 81.8 Å². The van der Waals surface area contributed by atoms with E-state index in [9.17, 15) is 9.18 Å². The topological polar surface area (TPSA) is 66.9 Å². The summed E-state index contributed by atoms with van der Waals surface area (Å²) >= 11 is 12.0. The molecule has 0 fully saturated rings. The van der Waals surface area contributed by atoms with Gasteiger partial charge in [-0.1, -0.05) is 35.3 Å². The molecule has 132 valence electrons. The molecule has 26 heavy (non-hydrogen) atoms. The number of rotatable bonds is 5. The van der Waals surface area contributed by atoms with Gasteiger partial charge in [0, 0.05) is 17.8 Å². The van der Waals surface area contributed by atoms with Crippen molar-refractivity contribution in [3.63, 3.8) is 0 Å². The Morgan fingerprint density at radius 2 is 1.85 bits per heavy atom. The Hall–Kier alpha value is -2.70. The first-order chi connectivity index (χ1) is 12.5. The van der Waals surface area contributed by atoms with Crippen LogP contribution in [-0.4, -0.2) is 15.9 Å². The molecule has 8 heteroatoms. The molecule has 1 amide bonds. The summed E-state index contributed by atoms with van der Waals surface area (Å²) in [5, 5.41) is 6.60. The fourth-order valence-corrected chi connectivity index (χ4v) is 2.47. The molecule has 1 heterocycles. The number of amides is 1. The summed E-state index contributed by atoms with van der Waals surface area (Å²) in [7, 11) is 0. The van der Waals surface area contributed by atoms with Crippen LogP contribution in [0.5, 0.6) is 0 Å². The van der Waals surface area contributed by atoms with E-state index in [1.165, 1.54) is 24.4 Å². The van der Waals surface area contributed by atoms with Gasteiger partial charge < -0.3 is 10.6 Å². The fraction of sp³-hybridized carbons (Fsp3) is 0.0556. The first-order valence-corrected chi connectivity index (χ1v) is 8.34. The van der Waals surface area contributed by atoms with Gasteiger partial charge >= 0.3 is 0 Å². The molecule has 0 radical (unpaired) electrons. The van der Waals surface area contributed by atoms with Crippen molar-refractivity contribution in [2.45, 2.75) is 6.54 Å². The third kappa shape index (κ3) is 4.68. The smallest absolute Gasteiger partial charge is 0.270 e. The zero-order valence-electron chi connectivity index (χ0n) is 13.3. The Kier molecular flexibility index (Phi) is 5.65. The largest absolute Gasteiger partial charge is 0.347 e. The molecule has 0 spiro atoms. The van der Waals surface area contributed by atoms with Gasteiger partial charge in [-0.2, -0.15) is 0 Å². The normalized spacial score (nSPS) is 10.4. The molecule has 0 atom stereocenters. The first kappa shape index (κ1) is 18.1. The minimum Gasteiger partial charge on any atom is -0.347 e. The van der Waals surface area contributed by atoms with Gasteiger partial charge in [-0.15, -0.1) is 0 Å². The molecule has 3 aromatic rings. The lowest BCUT2D eigenvalue weighted by Crippen LogP contribution is -2.24. The highest BCUT2D eigenvalue weighted by atomic mass is 35.5. The number of halogens is 3. The number of hydrogen-bond donors (Lipinski definition) is 2. The van der Waals surface area contributed by atoms with E-state index in [1.807, 2.05) is 0 Å². The summed E-state index contributed by atoms with van der Waals surface area (Å²) in [6.45, 7) is 0.256. The van der Waals surface area contributed by atoms with Crippen LogP contribution in [0, 0.1) is 5.82 Å². The van der Waals surface area contributed by atoms with Gasteiger partial charge in [-0.25, -0.2) is 14.4 Å². The number of nitrogens with one attached hydrogen (secondary N) is 2. The van der Waals surface area contributed by atoms with Crippen molar-refractivity contribution in [1.29, 1.82) is 0 Å². The van der Waals surface area contributed by atoms with E-state index in [4.69, 9.17) is 23.2 Å². The summed E-state index contributed by atoms with van der Waals surface area (Å²) in [4.78, 5) is 20.5. The quantitative estimate of drug-likeness (QED) is 0.668.